The fraction of sp³-hybridized carbons (Fsp3) is 0.364. The normalized spacial score (nSPS) is 12.9. The van der Waals surface area contributed by atoms with E-state index >= 15 is 0 Å². The summed E-state index contributed by atoms with van der Waals surface area (Å²) in [6, 6.07) is 3.62. The van der Waals surface area contributed by atoms with Gasteiger partial charge in [0.15, 0.2) is 5.22 Å². The van der Waals surface area contributed by atoms with Crippen molar-refractivity contribution in [3.05, 3.63) is 41.1 Å². The standard InChI is InChI=1S/C11H13ClN2O2/c1-14-8(4-6-13-14)2-3-10(15)9-5-7-16-11(9)12/h4-7,10,15H,2-3H2,1H3. The molecule has 1 unspecified atom stereocenters. The van der Waals surface area contributed by atoms with Crippen molar-refractivity contribution in [2.24, 2.45) is 7.05 Å². The van der Waals surface area contributed by atoms with Gasteiger partial charge in [0, 0.05) is 24.5 Å². The molecule has 0 fully saturated rings. The van der Waals surface area contributed by atoms with Crippen LogP contribution in [0.1, 0.15) is 23.8 Å². The van der Waals surface area contributed by atoms with E-state index in [1.165, 1.54) is 6.26 Å². The van der Waals surface area contributed by atoms with Crippen LogP contribution >= 0.6 is 11.6 Å². The number of aromatic nitrogens is 2. The molecule has 0 aromatic carbocycles. The minimum absolute atomic E-state index is 0.262. The lowest BCUT2D eigenvalue weighted by Crippen LogP contribution is -2.03. The van der Waals surface area contributed by atoms with Crippen LogP contribution in [0.4, 0.5) is 0 Å². The average Bonchev–Trinajstić information content (AvgIpc) is 2.84. The first-order valence-corrected chi connectivity index (χ1v) is 5.44. The van der Waals surface area contributed by atoms with Crippen LogP contribution in [0.5, 0.6) is 0 Å². The fourth-order valence-electron chi connectivity index (χ4n) is 1.63. The number of hydrogen-bond acceptors (Lipinski definition) is 3. The van der Waals surface area contributed by atoms with E-state index in [0.29, 0.717) is 12.0 Å². The van der Waals surface area contributed by atoms with Crippen LogP contribution in [-0.2, 0) is 13.5 Å². The highest BCUT2D eigenvalue weighted by Crippen LogP contribution is 2.26. The Morgan fingerprint density at radius 3 is 2.94 bits per heavy atom. The van der Waals surface area contributed by atoms with Crippen molar-refractivity contribution < 1.29 is 9.52 Å². The number of halogens is 1. The van der Waals surface area contributed by atoms with Gasteiger partial charge in [0.1, 0.15) is 0 Å². The van der Waals surface area contributed by atoms with Crippen LogP contribution in [-0.4, -0.2) is 14.9 Å². The van der Waals surface area contributed by atoms with Crippen LogP contribution in [0, 0.1) is 0 Å². The number of aliphatic hydroxyl groups excluding tert-OH is 1. The molecule has 0 aliphatic rings. The topological polar surface area (TPSA) is 51.2 Å². The van der Waals surface area contributed by atoms with Crippen molar-refractivity contribution in [1.82, 2.24) is 9.78 Å². The van der Waals surface area contributed by atoms with Gasteiger partial charge in [-0.05, 0) is 36.6 Å². The summed E-state index contributed by atoms with van der Waals surface area (Å²) >= 11 is 5.78. The number of aliphatic hydroxyl groups is 1. The smallest absolute Gasteiger partial charge is 0.198 e. The van der Waals surface area contributed by atoms with E-state index in [1.54, 1.807) is 16.9 Å². The van der Waals surface area contributed by atoms with E-state index in [-0.39, 0.29) is 5.22 Å². The summed E-state index contributed by atoms with van der Waals surface area (Å²) in [6.45, 7) is 0. The summed E-state index contributed by atoms with van der Waals surface area (Å²) in [7, 11) is 1.88. The highest BCUT2D eigenvalue weighted by Gasteiger charge is 2.14. The van der Waals surface area contributed by atoms with Gasteiger partial charge in [-0.3, -0.25) is 4.68 Å². The third-order valence-electron chi connectivity index (χ3n) is 2.60. The molecule has 0 aliphatic carbocycles. The molecule has 0 bridgehead atoms. The Morgan fingerprint density at radius 2 is 2.38 bits per heavy atom. The molecule has 0 saturated heterocycles. The first-order valence-electron chi connectivity index (χ1n) is 5.06. The van der Waals surface area contributed by atoms with Crippen molar-refractivity contribution in [2.45, 2.75) is 18.9 Å². The molecule has 0 saturated carbocycles. The summed E-state index contributed by atoms with van der Waals surface area (Å²) in [4.78, 5) is 0. The van der Waals surface area contributed by atoms with Crippen LogP contribution in [0.15, 0.2) is 29.0 Å². The number of aryl methyl sites for hydroxylation is 2. The quantitative estimate of drug-likeness (QED) is 0.893. The molecule has 16 heavy (non-hydrogen) atoms. The Bertz CT molecular complexity index is 464. The molecule has 2 heterocycles. The first kappa shape index (κ1) is 11.2. The van der Waals surface area contributed by atoms with E-state index in [4.69, 9.17) is 16.0 Å². The van der Waals surface area contributed by atoms with E-state index in [1.807, 2.05) is 13.1 Å². The highest BCUT2D eigenvalue weighted by molar-refractivity contribution is 6.29. The fourth-order valence-corrected chi connectivity index (χ4v) is 1.87. The summed E-state index contributed by atoms with van der Waals surface area (Å²) < 4.78 is 6.73. The Hall–Kier alpha value is -1.26. The van der Waals surface area contributed by atoms with Gasteiger partial charge in [0.25, 0.3) is 0 Å². The van der Waals surface area contributed by atoms with Gasteiger partial charge in [0.05, 0.1) is 12.4 Å². The molecular weight excluding hydrogens is 228 g/mol. The van der Waals surface area contributed by atoms with E-state index < -0.39 is 6.10 Å². The maximum absolute atomic E-state index is 9.91. The van der Waals surface area contributed by atoms with Crippen molar-refractivity contribution in [1.29, 1.82) is 0 Å². The Morgan fingerprint density at radius 1 is 1.56 bits per heavy atom. The molecule has 86 valence electrons. The molecule has 0 amide bonds. The van der Waals surface area contributed by atoms with Crippen molar-refractivity contribution >= 4 is 11.6 Å². The molecule has 5 heteroatoms. The lowest BCUT2D eigenvalue weighted by atomic mass is 10.1. The first-order chi connectivity index (χ1) is 7.68. The number of nitrogens with zero attached hydrogens (tertiary/aromatic N) is 2. The van der Waals surface area contributed by atoms with Crippen molar-refractivity contribution in [3.63, 3.8) is 0 Å². The second-order valence-electron chi connectivity index (χ2n) is 3.65. The zero-order chi connectivity index (χ0) is 11.5. The Labute approximate surface area is 98.4 Å². The molecule has 2 aromatic rings. The summed E-state index contributed by atoms with van der Waals surface area (Å²) in [6.07, 6.45) is 3.97. The molecule has 4 nitrogen and oxygen atoms in total. The Kier molecular flexibility index (Phi) is 3.31. The number of rotatable bonds is 4. The molecule has 0 radical (unpaired) electrons. The second-order valence-corrected chi connectivity index (χ2v) is 3.99. The third-order valence-corrected chi connectivity index (χ3v) is 2.91. The van der Waals surface area contributed by atoms with Gasteiger partial charge < -0.3 is 9.52 Å². The molecule has 1 atom stereocenters. The molecule has 2 rings (SSSR count). The highest BCUT2D eigenvalue weighted by atomic mass is 35.5. The van der Waals surface area contributed by atoms with Gasteiger partial charge >= 0.3 is 0 Å². The summed E-state index contributed by atoms with van der Waals surface area (Å²) in [5, 5.41) is 14.2. The van der Waals surface area contributed by atoms with Crippen LogP contribution in [0.2, 0.25) is 5.22 Å². The molecule has 0 aliphatic heterocycles. The number of furan rings is 1. The lowest BCUT2D eigenvalue weighted by Gasteiger charge is -2.08. The van der Waals surface area contributed by atoms with Crippen LogP contribution < -0.4 is 0 Å². The second kappa shape index (κ2) is 4.72. The van der Waals surface area contributed by atoms with Gasteiger partial charge in [-0.25, -0.2) is 0 Å². The zero-order valence-electron chi connectivity index (χ0n) is 8.93. The predicted molar refractivity (Wildman–Crippen MR) is 60.2 cm³/mol. The molecule has 2 aromatic heterocycles. The van der Waals surface area contributed by atoms with Crippen molar-refractivity contribution in [3.8, 4) is 0 Å². The van der Waals surface area contributed by atoms with E-state index in [9.17, 15) is 5.11 Å². The van der Waals surface area contributed by atoms with Gasteiger partial charge in [0.2, 0.25) is 0 Å². The van der Waals surface area contributed by atoms with Crippen LogP contribution in [0.3, 0.4) is 0 Å². The summed E-state index contributed by atoms with van der Waals surface area (Å²) in [5.74, 6) is 0. The van der Waals surface area contributed by atoms with Gasteiger partial charge in [-0.1, -0.05) is 0 Å². The summed E-state index contributed by atoms with van der Waals surface area (Å²) in [5.41, 5.74) is 1.72. The van der Waals surface area contributed by atoms with Gasteiger partial charge in [-0.2, -0.15) is 5.10 Å². The van der Waals surface area contributed by atoms with Crippen molar-refractivity contribution in [2.75, 3.05) is 0 Å². The zero-order valence-corrected chi connectivity index (χ0v) is 9.68. The Balaban J connectivity index is 1.97. The monoisotopic (exact) mass is 240 g/mol. The largest absolute Gasteiger partial charge is 0.453 e. The maximum atomic E-state index is 9.91. The van der Waals surface area contributed by atoms with Gasteiger partial charge in [-0.15, -0.1) is 0 Å². The average molecular weight is 241 g/mol. The molecule has 1 N–H and O–H groups in total. The van der Waals surface area contributed by atoms with E-state index in [2.05, 4.69) is 5.10 Å². The number of hydrogen-bond donors (Lipinski definition) is 1. The SMILES string of the molecule is Cn1nccc1CCC(O)c1ccoc1Cl. The predicted octanol–water partition coefficient (Wildman–Crippen LogP) is 2.33. The minimum Gasteiger partial charge on any atom is -0.453 e. The minimum atomic E-state index is -0.596. The van der Waals surface area contributed by atoms with Crippen LogP contribution in [0.25, 0.3) is 0 Å². The maximum Gasteiger partial charge on any atom is 0.198 e. The third kappa shape index (κ3) is 2.28. The molecular formula is C11H13ClN2O2. The lowest BCUT2D eigenvalue weighted by molar-refractivity contribution is 0.166. The van der Waals surface area contributed by atoms with E-state index in [0.717, 1.165) is 12.1 Å². The molecule has 0 spiro atoms.